The molecule has 1 aromatic heterocycles. The molecule has 0 amide bonds. The zero-order valence-corrected chi connectivity index (χ0v) is 5.87. The summed E-state index contributed by atoms with van der Waals surface area (Å²) in [4.78, 5) is 13.0. The van der Waals surface area contributed by atoms with Crippen molar-refractivity contribution in [3.8, 4) is 0 Å². The largest absolute Gasteiger partial charge is 0.438 e. The minimum absolute atomic E-state index is 0.210. The van der Waals surface area contributed by atoms with Gasteiger partial charge in [0.05, 0.1) is 6.61 Å². The van der Waals surface area contributed by atoms with Crippen LogP contribution in [0.3, 0.4) is 0 Å². The van der Waals surface area contributed by atoms with Gasteiger partial charge < -0.3 is 4.74 Å². The number of nitrogens with zero attached hydrogens (tertiary/aromatic N) is 1. The zero-order valence-electron chi connectivity index (χ0n) is 5.87. The van der Waals surface area contributed by atoms with Gasteiger partial charge in [0.25, 0.3) is 0 Å². The summed E-state index contributed by atoms with van der Waals surface area (Å²) in [6, 6.07) is 0. The lowest BCUT2D eigenvalue weighted by Crippen LogP contribution is -2.03. The average Bonchev–Trinajstić information content (AvgIpc) is 2.55. The van der Waals surface area contributed by atoms with Crippen LogP contribution in [0.15, 0.2) is 9.32 Å². The molecule has 1 unspecified atom stereocenters. The second kappa shape index (κ2) is 2.50. The maximum absolute atomic E-state index is 10.5. The molecule has 2 rings (SSSR count). The van der Waals surface area contributed by atoms with Crippen molar-refractivity contribution in [2.75, 3.05) is 13.2 Å². The molecule has 1 saturated heterocycles. The summed E-state index contributed by atoms with van der Waals surface area (Å²) in [6.07, 6.45) is 0.905. The lowest BCUT2D eigenvalue weighted by Gasteiger charge is -1.97. The summed E-state index contributed by atoms with van der Waals surface area (Å²) < 4.78 is 9.48. The average molecular weight is 156 g/mol. The number of hydrogen-bond acceptors (Lipinski definition) is 4. The Labute approximate surface area is 62.3 Å². The number of rotatable bonds is 1. The van der Waals surface area contributed by atoms with Crippen molar-refractivity contribution >= 4 is 0 Å². The molecular formula is C6H8N2O3. The zero-order chi connectivity index (χ0) is 7.68. The Morgan fingerprint density at radius 3 is 3.09 bits per heavy atom. The van der Waals surface area contributed by atoms with E-state index in [9.17, 15) is 4.79 Å². The molecule has 1 aliphatic heterocycles. The molecule has 11 heavy (non-hydrogen) atoms. The molecule has 0 radical (unpaired) electrons. The maximum atomic E-state index is 10.5. The van der Waals surface area contributed by atoms with Crippen LogP contribution in [0.25, 0.3) is 0 Å². The molecule has 1 N–H and O–H groups in total. The van der Waals surface area contributed by atoms with Crippen molar-refractivity contribution in [1.82, 2.24) is 10.1 Å². The van der Waals surface area contributed by atoms with Gasteiger partial charge in [-0.15, -0.1) is 0 Å². The van der Waals surface area contributed by atoms with E-state index < -0.39 is 5.76 Å². The molecule has 1 atom stereocenters. The smallest absolute Gasteiger partial charge is 0.381 e. The van der Waals surface area contributed by atoms with Gasteiger partial charge >= 0.3 is 5.76 Å². The summed E-state index contributed by atoms with van der Waals surface area (Å²) >= 11 is 0. The van der Waals surface area contributed by atoms with Gasteiger partial charge in [-0.2, -0.15) is 0 Å². The quantitative estimate of drug-likeness (QED) is 0.614. The van der Waals surface area contributed by atoms with Gasteiger partial charge in [0.15, 0.2) is 5.82 Å². The number of aromatic nitrogens is 2. The third-order valence-electron chi connectivity index (χ3n) is 1.77. The van der Waals surface area contributed by atoms with E-state index in [4.69, 9.17) is 4.74 Å². The first-order valence-electron chi connectivity index (χ1n) is 3.50. The number of ether oxygens (including phenoxy) is 1. The second-order valence-corrected chi connectivity index (χ2v) is 2.54. The van der Waals surface area contributed by atoms with E-state index >= 15 is 0 Å². The molecular weight excluding hydrogens is 148 g/mol. The topological polar surface area (TPSA) is 68.1 Å². The fourth-order valence-electron chi connectivity index (χ4n) is 1.17. The summed E-state index contributed by atoms with van der Waals surface area (Å²) in [5.74, 6) is 0.320. The van der Waals surface area contributed by atoms with Crippen LogP contribution in [0.2, 0.25) is 0 Å². The van der Waals surface area contributed by atoms with Crippen molar-refractivity contribution in [3.63, 3.8) is 0 Å². The van der Waals surface area contributed by atoms with Crippen molar-refractivity contribution in [2.24, 2.45) is 0 Å². The summed E-state index contributed by atoms with van der Waals surface area (Å²) in [6.45, 7) is 1.36. The van der Waals surface area contributed by atoms with E-state index in [1.807, 2.05) is 0 Å². The van der Waals surface area contributed by atoms with Crippen LogP contribution in [0.5, 0.6) is 0 Å². The summed E-state index contributed by atoms with van der Waals surface area (Å²) in [7, 11) is 0. The van der Waals surface area contributed by atoms with Gasteiger partial charge in [0.1, 0.15) is 0 Å². The van der Waals surface area contributed by atoms with E-state index in [1.54, 1.807) is 0 Å². The van der Waals surface area contributed by atoms with Crippen molar-refractivity contribution in [1.29, 1.82) is 0 Å². The van der Waals surface area contributed by atoms with Gasteiger partial charge in [-0.05, 0) is 6.42 Å². The molecule has 5 heteroatoms. The highest BCUT2D eigenvalue weighted by Crippen LogP contribution is 2.20. The molecule has 0 saturated carbocycles. The van der Waals surface area contributed by atoms with Crippen molar-refractivity contribution in [3.05, 3.63) is 16.4 Å². The third-order valence-corrected chi connectivity index (χ3v) is 1.77. The first-order valence-corrected chi connectivity index (χ1v) is 3.50. The SMILES string of the molecule is O=c1[nH]c(C2CCOC2)no1. The highest BCUT2D eigenvalue weighted by atomic mass is 16.5. The predicted molar refractivity (Wildman–Crippen MR) is 35.3 cm³/mol. The Balaban J connectivity index is 2.21. The minimum Gasteiger partial charge on any atom is -0.381 e. The van der Waals surface area contributed by atoms with E-state index in [2.05, 4.69) is 14.7 Å². The van der Waals surface area contributed by atoms with Crippen LogP contribution < -0.4 is 5.76 Å². The van der Waals surface area contributed by atoms with Crippen LogP contribution in [0.4, 0.5) is 0 Å². The molecule has 1 aromatic rings. The summed E-state index contributed by atoms with van der Waals surface area (Å²) in [5.41, 5.74) is 0. The molecule has 60 valence electrons. The first kappa shape index (κ1) is 6.60. The van der Waals surface area contributed by atoms with Crippen LogP contribution >= 0.6 is 0 Å². The lowest BCUT2D eigenvalue weighted by atomic mass is 10.1. The molecule has 0 bridgehead atoms. The van der Waals surface area contributed by atoms with Crippen molar-refractivity contribution in [2.45, 2.75) is 12.3 Å². The number of aromatic amines is 1. The van der Waals surface area contributed by atoms with Crippen LogP contribution in [0, 0.1) is 0 Å². The van der Waals surface area contributed by atoms with E-state index in [-0.39, 0.29) is 5.92 Å². The molecule has 2 heterocycles. The number of hydrogen-bond donors (Lipinski definition) is 1. The predicted octanol–water partition coefficient (Wildman–Crippen LogP) is -0.133. The van der Waals surface area contributed by atoms with Crippen LogP contribution in [0.1, 0.15) is 18.2 Å². The highest BCUT2D eigenvalue weighted by Gasteiger charge is 2.21. The van der Waals surface area contributed by atoms with Crippen LogP contribution in [-0.2, 0) is 4.74 Å². The van der Waals surface area contributed by atoms with E-state index in [1.165, 1.54) is 0 Å². The normalized spacial score (nSPS) is 24.2. The highest BCUT2D eigenvalue weighted by molar-refractivity contribution is 4.93. The van der Waals surface area contributed by atoms with E-state index in [0.29, 0.717) is 12.4 Å². The Hall–Kier alpha value is -1.10. The van der Waals surface area contributed by atoms with Gasteiger partial charge in [-0.3, -0.25) is 9.51 Å². The summed E-state index contributed by atoms with van der Waals surface area (Å²) in [5, 5.41) is 3.57. The monoisotopic (exact) mass is 156 g/mol. The lowest BCUT2D eigenvalue weighted by molar-refractivity contribution is 0.192. The van der Waals surface area contributed by atoms with Gasteiger partial charge in [-0.1, -0.05) is 5.16 Å². The molecule has 0 spiro atoms. The van der Waals surface area contributed by atoms with Gasteiger partial charge in [-0.25, -0.2) is 4.79 Å². The Morgan fingerprint density at radius 2 is 2.55 bits per heavy atom. The van der Waals surface area contributed by atoms with E-state index in [0.717, 1.165) is 13.0 Å². The van der Waals surface area contributed by atoms with Gasteiger partial charge in [0, 0.05) is 12.5 Å². The molecule has 0 aliphatic carbocycles. The molecule has 0 aromatic carbocycles. The molecule has 5 nitrogen and oxygen atoms in total. The number of H-pyrrole nitrogens is 1. The standard InChI is InChI=1S/C6H8N2O3/c9-6-7-5(8-11-6)4-1-2-10-3-4/h4H,1-3H2,(H,7,8,9). The third kappa shape index (κ3) is 1.19. The molecule has 1 aliphatic rings. The minimum atomic E-state index is -0.494. The first-order chi connectivity index (χ1) is 5.36. The maximum Gasteiger partial charge on any atom is 0.438 e. The molecule has 1 fully saturated rings. The Morgan fingerprint density at radius 1 is 1.64 bits per heavy atom. The fraction of sp³-hybridized carbons (Fsp3) is 0.667. The van der Waals surface area contributed by atoms with Crippen molar-refractivity contribution < 1.29 is 9.26 Å². The Kier molecular flexibility index (Phi) is 1.50. The number of nitrogens with one attached hydrogen (secondary N) is 1. The fourth-order valence-corrected chi connectivity index (χ4v) is 1.17. The van der Waals surface area contributed by atoms with Crippen LogP contribution in [-0.4, -0.2) is 23.4 Å². The Bertz CT molecular complexity index is 284. The van der Waals surface area contributed by atoms with Gasteiger partial charge in [0.2, 0.25) is 0 Å². The second-order valence-electron chi connectivity index (χ2n) is 2.54.